The van der Waals surface area contributed by atoms with Crippen LogP contribution in [0.3, 0.4) is 0 Å². The van der Waals surface area contributed by atoms with E-state index in [2.05, 4.69) is 4.98 Å². The second kappa shape index (κ2) is 3.70. The van der Waals surface area contributed by atoms with E-state index in [4.69, 9.17) is 17.3 Å². The van der Waals surface area contributed by atoms with Gasteiger partial charge in [-0.25, -0.2) is 13.8 Å². The number of nitrogens with zero attached hydrogens (tertiary/aromatic N) is 2. The van der Waals surface area contributed by atoms with Gasteiger partial charge in [0, 0.05) is 6.20 Å². The van der Waals surface area contributed by atoms with Crippen molar-refractivity contribution in [2.24, 2.45) is 0 Å². The van der Waals surface area contributed by atoms with Crippen LogP contribution in [0.15, 0.2) is 6.20 Å². The summed E-state index contributed by atoms with van der Waals surface area (Å²) < 4.78 is 24.4. The molecule has 0 amide bonds. The summed E-state index contributed by atoms with van der Waals surface area (Å²) in [5.74, 6) is -0.482. The van der Waals surface area contributed by atoms with Gasteiger partial charge in [0.2, 0.25) is 5.82 Å². The highest BCUT2D eigenvalue weighted by Crippen LogP contribution is 2.36. The van der Waals surface area contributed by atoms with E-state index in [9.17, 15) is 18.9 Å². The third-order valence-electron chi connectivity index (χ3n) is 1.46. The van der Waals surface area contributed by atoms with Gasteiger partial charge in [-0.05, 0) is 0 Å². The van der Waals surface area contributed by atoms with E-state index >= 15 is 0 Å². The molecule has 8 heteroatoms. The quantitative estimate of drug-likeness (QED) is 0.615. The summed E-state index contributed by atoms with van der Waals surface area (Å²) in [6.07, 6.45) is -2.20. The molecule has 1 heterocycles. The molecular formula is C6H4ClF2N3O2. The summed E-state index contributed by atoms with van der Waals surface area (Å²) in [7, 11) is 0. The summed E-state index contributed by atoms with van der Waals surface area (Å²) in [5, 5.41) is 9.70. The molecule has 1 aromatic rings. The van der Waals surface area contributed by atoms with E-state index in [1.54, 1.807) is 0 Å². The summed E-state index contributed by atoms with van der Waals surface area (Å²) in [4.78, 5) is 12.7. The molecule has 1 aromatic heterocycles. The fraction of sp³-hybridized carbons (Fsp3) is 0.167. The van der Waals surface area contributed by atoms with Gasteiger partial charge < -0.3 is 5.73 Å². The van der Waals surface area contributed by atoms with E-state index in [0.717, 1.165) is 6.20 Å². The lowest BCUT2D eigenvalue weighted by atomic mass is 10.2. The molecule has 0 unspecified atom stereocenters. The molecule has 76 valence electrons. The number of aromatic nitrogens is 1. The highest BCUT2D eigenvalue weighted by atomic mass is 35.5. The summed E-state index contributed by atoms with van der Waals surface area (Å²) in [6.45, 7) is 0. The van der Waals surface area contributed by atoms with Crippen molar-refractivity contribution < 1.29 is 13.7 Å². The van der Waals surface area contributed by atoms with Gasteiger partial charge in [0.1, 0.15) is 5.02 Å². The first kappa shape index (κ1) is 10.6. The van der Waals surface area contributed by atoms with Crippen molar-refractivity contribution >= 4 is 23.1 Å². The highest BCUT2D eigenvalue weighted by Gasteiger charge is 2.25. The average Bonchev–Trinajstić information content (AvgIpc) is 2.02. The van der Waals surface area contributed by atoms with Crippen LogP contribution >= 0.6 is 11.6 Å². The minimum Gasteiger partial charge on any atom is -0.378 e. The minimum absolute atomic E-state index is 0.482. The van der Waals surface area contributed by atoms with Gasteiger partial charge in [-0.1, -0.05) is 11.6 Å². The van der Waals surface area contributed by atoms with Crippen molar-refractivity contribution in [1.82, 2.24) is 4.98 Å². The largest absolute Gasteiger partial charge is 0.378 e. The molecule has 0 saturated carbocycles. The van der Waals surface area contributed by atoms with E-state index in [1.807, 2.05) is 0 Å². The number of alkyl halides is 2. The number of halogens is 3. The summed E-state index contributed by atoms with van der Waals surface area (Å²) in [5.41, 5.74) is 3.62. The zero-order valence-corrected chi connectivity index (χ0v) is 7.33. The van der Waals surface area contributed by atoms with Crippen LogP contribution < -0.4 is 5.73 Å². The molecule has 0 saturated heterocycles. The molecule has 0 aliphatic heterocycles. The normalized spacial score (nSPS) is 10.6. The molecule has 0 spiro atoms. The Hall–Kier alpha value is -1.50. The molecule has 2 N–H and O–H groups in total. The molecule has 0 fully saturated rings. The number of rotatable bonds is 2. The molecular weight excluding hydrogens is 220 g/mol. The van der Waals surface area contributed by atoms with Crippen LogP contribution in [0.25, 0.3) is 0 Å². The Morgan fingerprint density at radius 2 is 2.21 bits per heavy atom. The van der Waals surface area contributed by atoms with Crippen LogP contribution in [0.2, 0.25) is 5.02 Å². The second-order valence-corrected chi connectivity index (χ2v) is 2.70. The van der Waals surface area contributed by atoms with Crippen LogP contribution in [-0.4, -0.2) is 9.91 Å². The Balaban J connectivity index is 3.41. The first-order valence-corrected chi connectivity index (χ1v) is 3.69. The maximum absolute atomic E-state index is 12.2. The van der Waals surface area contributed by atoms with Gasteiger partial charge in [-0.3, -0.25) is 10.1 Å². The Labute approximate surface area is 81.6 Å². The fourth-order valence-corrected chi connectivity index (χ4v) is 1.13. The average molecular weight is 224 g/mol. The number of nitro groups is 1. The molecule has 5 nitrogen and oxygen atoms in total. The zero-order valence-electron chi connectivity index (χ0n) is 6.58. The smallest absolute Gasteiger partial charge is 0.330 e. The monoisotopic (exact) mass is 223 g/mol. The number of hydrogen-bond acceptors (Lipinski definition) is 4. The summed E-state index contributed by atoms with van der Waals surface area (Å²) >= 11 is 5.36. The number of hydrogen-bond donors (Lipinski definition) is 1. The van der Waals surface area contributed by atoms with Crippen LogP contribution in [0.5, 0.6) is 0 Å². The van der Waals surface area contributed by atoms with Gasteiger partial charge >= 0.3 is 5.69 Å². The lowest BCUT2D eigenvalue weighted by molar-refractivity contribution is -0.384. The van der Waals surface area contributed by atoms with Crippen molar-refractivity contribution in [3.63, 3.8) is 0 Å². The van der Waals surface area contributed by atoms with Crippen molar-refractivity contribution in [2.45, 2.75) is 6.43 Å². The van der Waals surface area contributed by atoms with Crippen molar-refractivity contribution in [1.29, 1.82) is 0 Å². The Morgan fingerprint density at radius 1 is 1.64 bits per heavy atom. The first-order chi connectivity index (χ1) is 6.45. The molecule has 1 rings (SSSR count). The first-order valence-electron chi connectivity index (χ1n) is 3.31. The summed E-state index contributed by atoms with van der Waals surface area (Å²) in [6, 6.07) is 0. The molecule has 14 heavy (non-hydrogen) atoms. The SMILES string of the molecule is Nc1ncc(C(F)F)c(Cl)c1[N+](=O)[O-]. The number of nitrogens with two attached hydrogens (primary N) is 1. The lowest BCUT2D eigenvalue weighted by Gasteiger charge is -2.03. The predicted octanol–water partition coefficient (Wildman–Crippen LogP) is 2.16. The van der Waals surface area contributed by atoms with Gasteiger partial charge in [0.15, 0.2) is 0 Å². The molecule has 0 bridgehead atoms. The van der Waals surface area contributed by atoms with Gasteiger partial charge in [0.05, 0.1) is 10.5 Å². The standard InChI is InChI=1S/C6H4ClF2N3O2/c7-3-2(5(8)9)1-11-6(10)4(3)12(13)14/h1,5H,(H2,10,11). The molecule has 0 radical (unpaired) electrons. The van der Waals surface area contributed by atoms with E-state index in [0.29, 0.717) is 0 Å². The van der Waals surface area contributed by atoms with Gasteiger partial charge in [-0.15, -0.1) is 0 Å². The number of anilines is 1. The second-order valence-electron chi connectivity index (χ2n) is 2.32. The van der Waals surface area contributed by atoms with Crippen LogP contribution in [0.1, 0.15) is 12.0 Å². The minimum atomic E-state index is -2.92. The Kier molecular flexibility index (Phi) is 2.80. The zero-order chi connectivity index (χ0) is 10.9. The Bertz CT molecular complexity index is 386. The van der Waals surface area contributed by atoms with Crippen molar-refractivity contribution in [3.05, 3.63) is 26.9 Å². The van der Waals surface area contributed by atoms with E-state index < -0.39 is 33.4 Å². The molecule has 0 aliphatic carbocycles. The maximum Gasteiger partial charge on any atom is 0.330 e. The van der Waals surface area contributed by atoms with Crippen LogP contribution in [0, 0.1) is 10.1 Å². The molecule has 0 aromatic carbocycles. The van der Waals surface area contributed by atoms with Crippen LogP contribution in [0.4, 0.5) is 20.3 Å². The number of nitrogen functional groups attached to an aromatic ring is 1. The van der Waals surface area contributed by atoms with E-state index in [1.165, 1.54) is 0 Å². The van der Waals surface area contributed by atoms with Crippen molar-refractivity contribution in [2.75, 3.05) is 5.73 Å². The lowest BCUT2D eigenvalue weighted by Crippen LogP contribution is -2.02. The van der Waals surface area contributed by atoms with Gasteiger partial charge in [0.25, 0.3) is 6.43 Å². The van der Waals surface area contributed by atoms with E-state index in [-0.39, 0.29) is 0 Å². The third kappa shape index (κ3) is 1.72. The predicted molar refractivity (Wildman–Crippen MR) is 45.3 cm³/mol. The van der Waals surface area contributed by atoms with Crippen LogP contribution in [-0.2, 0) is 0 Å². The highest BCUT2D eigenvalue weighted by molar-refractivity contribution is 6.33. The molecule has 0 aliphatic rings. The Morgan fingerprint density at radius 3 is 2.64 bits per heavy atom. The number of pyridine rings is 1. The topological polar surface area (TPSA) is 82.0 Å². The third-order valence-corrected chi connectivity index (χ3v) is 1.86. The molecule has 0 atom stereocenters. The fourth-order valence-electron chi connectivity index (χ4n) is 0.832. The maximum atomic E-state index is 12.2. The van der Waals surface area contributed by atoms with Crippen molar-refractivity contribution in [3.8, 4) is 0 Å². The van der Waals surface area contributed by atoms with Gasteiger partial charge in [-0.2, -0.15) is 0 Å².